The van der Waals surface area contributed by atoms with E-state index < -0.39 is 39.3 Å². The molecular weight excluding hydrogens is 541 g/mol. The Balaban J connectivity index is 1.45. The van der Waals surface area contributed by atoms with Crippen molar-refractivity contribution in [1.82, 2.24) is 10.3 Å². The van der Waals surface area contributed by atoms with Crippen LogP contribution in [0.15, 0.2) is 88.5 Å². The van der Waals surface area contributed by atoms with Crippen molar-refractivity contribution in [3.63, 3.8) is 0 Å². The SMILES string of the molecule is O=C(CS(=O)(=O)c1ccccc1)Nc1cc(NC(=O)Nc2c[n+](Cc3ccccn3)no2)cc(C(F)(F)F)c1. The zero-order valence-electron chi connectivity index (χ0n) is 19.8. The van der Waals surface area contributed by atoms with E-state index in [0.29, 0.717) is 17.8 Å². The number of aromatic nitrogens is 3. The molecule has 39 heavy (non-hydrogen) atoms. The van der Waals surface area contributed by atoms with Gasteiger partial charge in [0.15, 0.2) is 9.84 Å². The number of anilines is 3. The Labute approximate surface area is 219 Å². The molecule has 0 atom stereocenters. The summed E-state index contributed by atoms with van der Waals surface area (Å²) >= 11 is 0. The fourth-order valence-corrected chi connectivity index (χ4v) is 4.51. The standard InChI is InChI=1S/C24H19F3N6O5S/c25-24(26,27)16-10-18(29-21(34)15-39(36,37)20-7-2-1-3-8-20)12-19(11-16)30-23(35)31-22-14-33(32-38-22)13-17-6-4-5-9-28-17/h1-12,14H,13,15H2,(H2-,29,30,31,32,34,35)/p+1. The number of rotatable bonds is 8. The topological polar surface area (TPSA) is 147 Å². The van der Waals surface area contributed by atoms with E-state index in [1.165, 1.54) is 35.1 Å². The van der Waals surface area contributed by atoms with Crippen molar-refractivity contribution in [2.24, 2.45) is 0 Å². The van der Waals surface area contributed by atoms with Crippen LogP contribution in [0.4, 0.5) is 35.2 Å². The van der Waals surface area contributed by atoms with E-state index in [1.807, 2.05) is 0 Å². The van der Waals surface area contributed by atoms with Gasteiger partial charge in [-0.25, -0.2) is 13.2 Å². The van der Waals surface area contributed by atoms with Crippen LogP contribution in [-0.2, 0) is 27.4 Å². The van der Waals surface area contributed by atoms with Crippen molar-refractivity contribution in [2.45, 2.75) is 17.6 Å². The Morgan fingerprint density at radius 1 is 0.923 bits per heavy atom. The molecule has 3 amide bonds. The Kier molecular flexibility index (Phi) is 7.90. The molecule has 3 N–H and O–H groups in total. The lowest BCUT2D eigenvalue weighted by Gasteiger charge is -2.14. The van der Waals surface area contributed by atoms with Gasteiger partial charge >= 0.3 is 18.1 Å². The third-order valence-corrected chi connectivity index (χ3v) is 6.66. The zero-order valence-corrected chi connectivity index (χ0v) is 20.7. The Hall–Kier alpha value is -4.79. The fourth-order valence-electron chi connectivity index (χ4n) is 3.36. The maximum absolute atomic E-state index is 13.5. The van der Waals surface area contributed by atoms with Crippen LogP contribution in [0.2, 0.25) is 0 Å². The molecule has 0 fully saturated rings. The maximum Gasteiger partial charge on any atom is 0.416 e. The van der Waals surface area contributed by atoms with E-state index in [-0.39, 0.29) is 28.7 Å². The molecule has 0 unspecified atom stereocenters. The molecule has 2 heterocycles. The van der Waals surface area contributed by atoms with Crippen LogP contribution in [0.1, 0.15) is 11.3 Å². The van der Waals surface area contributed by atoms with Gasteiger partial charge in [-0.2, -0.15) is 13.2 Å². The monoisotopic (exact) mass is 561 g/mol. The largest absolute Gasteiger partial charge is 0.416 e. The Bertz CT molecular complexity index is 1580. The number of pyridine rings is 1. The van der Waals surface area contributed by atoms with E-state index >= 15 is 0 Å². The molecule has 202 valence electrons. The van der Waals surface area contributed by atoms with Crippen LogP contribution in [0.5, 0.6) is 0 Å². The van der Waals surface area contributed by atoms with E-state index in [1.54, 1.807) is 30.5 Å². The number of benzene rings is 2. The first-order valence-electron chi connectivity index (χ1n) is 11.1. The molecule has 0 saturated carbocycles. The predicted octanol–water partition coefficient (Wildman–Crippen LogP) is 3.48. The first kappa shape index (κ1) is 27.3. The van der Waals surface area contributed by atoms with Gasteiger partial charge in [-0.15, -0.1) is 0 Å². The highest BCUT2D eigenvalue weighted by Crippen LogP contribution is 2.33. The lowest BCUT2D eigenvalue weighted by molar-refractivity contribution is -0.755. The normalized spacial score (nSPS) is 11.6. The number of alkyl halides is 3. The second-order valence-electron chi connectivity index (χ2n) is 8.08. The number of hydrogen-bond acceptors (Lipinski definition) is 7. The quantitative estimate of drug-likeness (QED) is 0.279. The van der Waals surface area contributed by atoms with E-state index in [2.05, 4.69) is 26.2 Å². The van der Waals surface area contributed by atoms with Gasteiger partial charge in [0.2, 0.25) is 17.7 Å². The fraction of sp³-hybridized carbons (Fsp3) is 0.125. The minimum atomic E-state index is -4.83. The highest BCUT2D eigenvalue weighted by molar-refractivity contribution is 7.92. The minimum absolute atomic E-state index is 0.102. The van der Waals surface area contributed by atoms with Gasteiger partial charge in [-0.3, -0.25) is 19.6 Å². The van der Waals surface area contributed by atoms with Crippen LogP contribution >= 0.6 is 0 Å². The number of sulfone groups is 1. The number of amides is 3. The summed E-state index contributed by atoms with van der Waals surface area (Å²) in [6.45, 7) is 0.240. The lowest BCUT2D eigenvalue weighted by atomic mass is 10.1. The van der Waals surface area contributed by atoms with Crippen LogP contribution in [0, 0.1) is 0 Å². The second-order valence-corrected chi connectivity index (χ2v) is 10.1. The summed E-state index contributed by atoms with van der Waals surface area (Å²) < 4.78 is 71.6. The van der Waals surface area contributed by atoms with Gasteiger partial charge in [-0.05, 0) is 47.1 Å². The van der Waals surface area contributed by atoms with Crippen LogP contribution in [-0.4, -0.2) is 36.4 Å². The summed E-state index contributed by atoms with van der Waals surface area (Å²) in [5.74, 6) is -2.16. The lowest BCUT2D eigenvalue weighted by Crippen LogP contribution is -2.35. The number of carbonyl (C=O) groups excluding carboxylic acids is 2. The van der Waals surface area contributed by atoms with Gasteiger partial charge in [-0.1, -0.05) is 24.3 Å². The molecule has 15 heteroatoms. The molecule has 0 saturated heterocycles. The van der Waals surface area contributed by atoms with E-state index in [0.717, 1.165) is 6.07 Å². The van der Waals surface area contributed by atoms with Gasteiger partial charge < -0.3 is 10.6 Å². The second kappa shape index (κ2) is 11.3. The van der Waals surface area contributed by atoms with Crippen LogP contribution in [0.3, 0.4) is 0 Å². The van der Waals surface area contributed by atoms with Crippen molar-refractivity contribution in [3.05, 3.63) is 90.4 Å². The number of nitrogens with one attached hydrogen (secondary N) is 3. The van der Waals surface area contributed by atoms with Crippen molar-refractivity contribution in [3.8, 4) is 0 Å². The van der Waals surface area contributed by atoms with Crippen molar-refractivity contribution < 1.29 is 40.4 Å². The summed E-state index contributed by atoms with van der Waals surface area (Å²) in [5.41, 5.74) is -1.22. The van der Waals surface area contributed by atoms with E-state index in [4.69, 9.17) is 4.52 Å². The van der Waals surface area contributed by atoms with Crippen LogP contribution in [0.25, 0.3) is 0 Å². The van der Waals surface area contributed by atoms with Crippen molar-refractivity contribution in [2.75, 3.05) is 21.7 Å². The molecular formula is C24H20F3N6O5S+. The summed E-state index contributed by atoms with van der Waals surface area (Å²) in [6, 6.07) is 13.8. The highest BCUT2D eigenvalue weighted by atomic mass is 32.2. The average Bonchev–Trinajstić information content (AvgIpc) is 3.30. The molecule has 2 aromatic carbocycles. The van der Waals surface area contributed by atoms with Gasteiger partial charge in [0.1, 0.15) is 11.4 Å². The zero-order chi connectivity index (χ0) is 28.0. The number of nitrogens with zero attached hydrogens (tertiary/aromatic N) is 3. The average molecular weight is 562 g/mol. The summed E-state index contributed by atoms with van der Waals surface area (Å²) in [4.78, 5) is 28.8. The van der Waals surface area contributed by atoms with Crippen molar-refractivity contribution in [1.29, 1.82) is 0 Å². The highest BCUT2D eigenvalue weighted by Gasteiger charge is 2.32. The third kappa shape index (κ3) is 7.61. The number of halogens is 3. The molecule has 0 radical (unpaired) electrons. The Morgan fingerprint density at radius 3 is 2.28 bits per heavy atom. The third-order valence-electron chi connectivity index (χ3n) is 5.02. The molecule has 0 aliphatic carbocycles. The van der Waals surface area contributed by atoms with Crippen molar-refractivity contribution >= 4 is 39.0 Å². The smallest absolute Gasteiger partial charge is 0.325 e. The maximum atomic E-state index is 13.5. The number of hydrogen-bond donors (Lipinski definition) is 3. The number of urea groups is 1. The molecule has 0 aliphatic heterocycles. The minimum Gasteiger partial charge on any atom is -0.325 e. The number of carbonyl (C=O) groups is 2. The summed E-state index contributed by atoms with van der Waals surface area (Å²) in [6.07, 6.45) is -1.89. The summed E-state index contributed by atoms with van der Waals surface area (Å²) in [5, 5.41) is 10.4. The first-order valence-corrected chi connectivity index (χ1v) is 12.8. The molecule has 4 rings (SSSR count). The van der Waals surface area contributed by atoms with Gasteiger partial charge in [0.25, 0.3) is 6.20 Å². The molecule has 2 aromatic heterocycles. The van der Waals surface area contributed by atoms with Gasteiger partial charge in [0, 0.05) is 17.6 Å². The summed E-state index contributed by atoms with van der Waals surface area (Å²) in [7, 11) is -4.04. The molecule has 11 nitrogen and oxygen atoms in total. The first-order chi connectivity index (χ1) is 18.5. The molecule has 4 aromatic rings. The molecule has 0 aliphatic rings. The Morgan fingerprint density at radius 2 is 1.62 bits per heavy atom. The van der Waals surface area contributed by atoms with E-state index in [9.17, 15) is 31.2 Å². The van der Waals surface area contributed by atoms with Crippen LogP contribution < -0.4 is 20.6 Å². The molecule has 0 spiro atoms. The van der Waals surface area contributed by atoms with Gasteiger partial charge in [0.05, 0.1) is 10.5 Å². The predicted molar refractivity (Wildman–Crippen MR) is 131 cm³/mol. The molecule has 0 bridgehead atoms.